The highest BCUT2D eigenvalue weighted by Gasteiger charge is 2.15. The molecular weight excluding hydrogens is 210 g/mol. The highest BCUT2D eigenvalue weighted by Crippen LogP contribution is 2.16. The Morgan fingerprint density at radius 2 is 2.13 bits per heavy atom. The summed E-state index contributed by atoms with van der Waals surface area (Å²) in [6.07, 6.45) is 0. The lowest BCUT2D eigenvalue weighted by Gasteiger charge is -2.21. The van der Waals surface area contributed by atoms with Gasteiger partial charge >= 0.3 is 0 Å². The van der Waals surface area contributed by atoms with E-state index < -0.39 is 0 Å². The van der Waals surface area contributed by atoms with Crippen molar-refractivity contribution in [1.29, 1.82) is 0 Å². The van der Waals surface area contributed by atoms with Crippen LogP contribution in [0, 0.1) is 5.41 Å². The molecule has 15 heavy (non-hydrogen) atoms. The Balaban J connectivity index is 2.38. The van der Waals surface area contributed by atoms with Crippen LogP contribution in [0.2, 0.25) is 0 Å². The predicted octanol–water partition coefficient (Wildman–Crippen LogP) is 2.75. The number of phenolic OH excluding ortho intramolecular Hbond substituents is 1. The minimum Gasteiger partial charge on any atom is -0.508 e. The lowest BCUT2D eigenvalue weighted by Crippen LogP contribution is -2.30. The summed E-state index contributed by atoms with van der Waals surface area (Å²) in [4.78, 5) is 0. The summed E-state index contributed by atoms with van der Waals surface area (Å²) in [6.45, 7) is 5.87. The zero-order chi connectivity index (χ0) is 11.3. The molecule has 0 aromatic heterocycles. The van der Waals surface area contributed by atoms with Gasteiger partial charge in [0.15, 0.2) is 0 Å². The molecule has 2 N–H and O–H groups in total. The number of alkyl halides is 1. The largest absolute Gasteiger partial charge is 0.508 e. The maximum absolute atomic E-state index is 9.27. The van der Waals surface area contributed by atoms with Gasteiger partial charge in [0, 0.05) is 19.0 Å². The second kappa shape index (κ2) is 5.38. The number of halogens is 1. The molecule has 0 aliphatic heterocycles. The van der Waals surface area contributed by atoms with Gasteiger partial charge in [-0.25, -0.2) is 0 Å². The Morgan fingerprint density at radius 1 is 1.40 bits per heavy atom. The van der Waals surface area contributed by atoms with Gasteiger partial charge < -0.3 is 10.4 Å². The van der Waals surface area contributed by atoms with E-state index in [0.717, 1.165) is 18.7 Å². The SMILES string of the molecule is CC(C)(CCl)CNCc1cccc(O)c1. The number of phenols is 1. The van der Waals surface area contributed by atoms with E-state index >= 15 is 0 Å². The molecule has 0 spiro atoms. The van der Waals surface area contributed by atoms with Crippen LogP contribution < -0.4 is 5.32 Å². The average molecular weight is 228 g/mol. The molecule has 0 aliphatic rings. The molecule has 0 radical (unpaired) electrons. The molecule has 2 nitrogen and oxygen atoms in total. The summed E-state index contributed by atoms with van der Waals surface area (Å²) in [5.74, 6) is 0.950. The minimum absolute atomic E-state index is 0.110. The molecule has 0 bridgehead atoms. The molecule has 0 unspecified atom stereocenters. The molecule has 84 valence electrons. The molecule has 0 heterocycles. The third-order valence-corrected chi connectivity index (χ3v) is 2.93. The van der Waals surface area contributed by atoms with Crippen molar-refractivity contribution in [1.82, 2.24) is 5.32 Å². The molecule has 0 aliphatic carbocycles. The average Bonchev–Trinajstić information content (AvgIpc) is 2.18. The van der Waals surface area contributed by atoms with Crippen LogP contribution in [0.3, 0.4) is 0 Å². The van der Waals surface area contributed by atoms with Gasteiger partial charge in [0.05, 0.1) is 0 Å². The summed E-state index contributed by atoms with van der Waals surface area (Å²) >= 11 is 5.82. The highest BCUT2D eigenvalue weighted by molar-refractivity contribution is 6.18. The van der Waals surface area contributed by atoms with Crippen molar-refractivity contribution < 1.29 is 5.11 Å². The fourth-order valence-corrected chi connectivity index (χ4v) is 1.35. The van der Waals surface area contributed by atoms with Gasteiger partial charge in [-0.05, 0) is 23.1 Å². The van der Waals surface area contributed by atoms with E-state index in [1.165, 1.54) is 0 Å². The number of benzene rings is 1. The topological polar surface area (TPSA) is 32.3 Å². The quantitative estimate of drug-likeness (QED) is 0.759. The molecule has 3 heteroatoms. The smallest absolute Gasteiger partial charge is 0.115 e. The Kier molecular flexibility index (Phi) is 4.43. The monoisotopic (exact) mass is 227 g/mol. The number of nitrogens with one attached hydrogen (secondary N) is 1. The Hall–Kier alpha value is -0.730. The molecule has 1 aromatic rings. The van der Waals surface area contributed by atoms with Crippen molar-refractivity contribution >= 4 is 11.6 Å². The summed E-state index contributed by atoms with van der Waals surface area (Å²) in [7, 11) is 0. The van der Waals surface area contributed by atoms with E-state index in [2.05, 4.69) is 19.2 Å². The standard InChI is InChI=1S/C12H18ClNO/c1-12(2,8-13)9-14-7-10-4-3-5-11(15)6-10/h3-6,14-15H,7-9H2,1-2H3. The van der Waals surface area contributed by atoms with E-state index in [1.807, 2.05) is 12.1 Å². The molecule has 0 atom stereocenters. The van der Waals surface area contributed by atoms with E-state index in [9.17, 15) is 5.11 Å². The van der Waals surface area contributed by atoms with Crippen molar-refractivity contribution in [3.63, 3.8) is 0 Å². The summed E-state index contributed by atoms with van der Waals surface area (Å²) in [6, 6.07) is 7.27. The van der Waals surface area contributed by atoms with Crippen LogP contribution in [-0.2, 0) is 6.54 Å². The number of rotatable bonds is 5. The van der Waals surface area contributed by atoms with Gasteiger partial charge in [0.25, 0.3) is 0 Å². The molecule has 0 amide bonds. The second-order valence-corrected chi connectivity index (χ2v) is 4.84. The fraction of sp³-hybridized carbons (Fsp3) is 0.500. The predicted molar refractivity (Wildman–Crippen MR) is 64.3 cm³/mol. The normalized spacial score (nSPS) is 11.7. The molecular formula is C12H18ClNO. The third kappa shape index (κ3) is 4.54. The van der Waals surface area contributed by atoms with Crippen LogP contribution in [0.4, 0.5) is 0 Å². The number of hydrogen-bond donors (Lipinski definition) is 2. The third-order valence-electron chi connectivity index (χ3n) is 2.20. The summed E-state index contributed by atoms with van der Waals surface area (Å²) < 4.78 is 0. The van der Waals surface area contributed by atoms with Crippen LogP contribution in [0.15, 0.2) is 24.3 Å². The Morgan fingerprint density at radius 3 is 2.73 bits per heavy atom. The van der Waals surface area contributed by atoms with Crippen LogP contribution >= 0.6 is 11.6 Å². The van der Waals surface area contributed by atoms with Crippen molar-refractivity contribution in [2.75, 3.05) is 12.4 Å². The molecule has 1 aromatic carbocycles. The molecule has 0 saturated heterocycles. The van der Waals surface area contributed by atoms with E-state index in [0.29, 0.717) is 11.6 Å². The zero-order valence-corrected chi connectivity index (χ0v) is 10.0. The van der Waals surface area contributed by atoms with Crippen molar-refractivity contribution in [3.05, 3.63) is 29.8 Å². The Labute approximate surface area is 96.3 Å². The second-order valence-electron chi connectivity index (χ2n) is 4.57. The van der Waals surface area contributed by atoms with E-state index in [4.69, 9.17) is 11.6 Å². The van der Waals surface area contributed by atoms with Crippen molar-refractivity contribution in [3.8, 4) is 5.75 Å². The number of aromatic hydroxyl groups is 1. The summed E-state index contributed by atoms with van der Waals surface area (Å²) in [5.41, 5.74) is 1.19. The lowest BCUT2D eigenvalue weighted by atomic mass is 9.96. The lowest BCUT2D eigenvalue weighted by molar-refractivity contribution is 0.385. The first-order chi connectivity index (χ1) is 7.03. The van der Waals surface area contributed by atoms with Crippen LogP contribution in [0.5, 0.6) is 5.75 Å². The molecule has 0 fully saturated rings. The maximum Gasteiger partial charge on any atom is 0.115 e. The first-order valence-electron chi connectivity index (χ1n) is 5.08. The first-order valence-corrected chi connectivity index (χ1v) is 5.61. The maximum atomic E-state index is 9.27. The number of hydrogen-bond acceptors (Lipinski definition) is 2. The van der Waals surface area contributed by atoms with Crippen LogP contribution in [0.1, 0.15) is 19.4 Å². The van der Waals surface area contributed by atoms with E-state index in [-0.39, 0.29) is 5.41 Å². The van der Waals surface area contributed by atoms with Gasteiger partial charge in [0.1, 0.15) is 5.75 Å². The van der Waals surface area contributed by atoms with Crippen LogP contribution in [-0.4, -0.2) is 17.5 Å². The van der Waals surface area contributed by atoms with Crippen molar-refractivity contribution in [2.45, 2.75) is 20.4 Å². The van der Waals surface area contributed by atoms with Crippen molar-refractivity contribution in [2.24, 2.45) is 5.41 Å². The molecule has 0 saturated carbocycles. The minimum atomic E-state index is 0.110. The zero-order valence-electron chi connectivity index (χ0n) is 9.26. The highest BCUT2D eigenvalue weighted by atomic mass is 35.5. The van der Waals surface area contributed by atoms with E-state index in [1.54, 1.807) is 12.1 Å². The van der Waals surface area contributed by atoms with Gasteiger partial charge in [-0.15, -0.1) is 11.6 Å². The van der Waals surface area contributed by atoms with Gasteiger partial charge in [-0.1, -0.05) is 26.0 Å². The molecule has 1 rings (SSSR count). The fourth-order valence-electron chi connectivity index (χ4n) is 1.26. The Bertz CT molecular complexity index is 312. The van der Waals surface area contributed by atoms with Gasteiger partial charge in [-0.3, -0.25) is 0 Å². The summed E-state index contributed by atoms with van der Waals surface area (Å²) in [5, 5.41) is 12.6. The van der Waals surface area contributed by atoms with Gasteiger partial charge in [0.2, 0.25) is 0 Å². The first kappa shape index (κ1) is 12.3. The van der Waals surface area contributed by atoms with Gasteiger partial charge in [-0.2, -0.15) is 0 Å². The van der Waals surface area contributed by atoms with Crippen LogP contribution in [0.25, 0.3) is 0 Å².